The summed E-state index contributed by atoms with van der Waals surface area (Å²) < 4.78 is 0. The average Bonchev–Trinajstić information content (AvgIpc) is 3.00. The highest BCUT2D eigenvalue weighted by Gasteiger charge is 2.59. The van der Waals surface area contributed by atoms with Gasteiger partial charge in [0.05, 0.1) is 0 Å². The van der Waals surface area contributed by atoms with E-state index in [0.29, 0.717) is 5.41 Å². The lowest BCUT2D eigenvalue weighted by molar-refractivity contribution is 0.210. The van der Waals surface area contributed by atoms with Crippen molar-refractivity contribution in [1.29, 1.82) is 0 Å². The Labute approximate surface area is 83.1 Å². The van der Waals surface area contributed by atoms with Gasteiger partial charge in [0.25, 0.3) is 0 Å². The van der Waals surface area contributed by atoms with Crippen molar-refractivity contribution in [3.05, 3.63) is 0 Å². The SMILES string of the molecule is CC(C1CC1)C(C)C1(C)C(C)C1C. The zero-order valence-corrected chi connectivity index (χ0v) is 9.80. The summed E-state index contributed by atoms with van der Waals surface area (Å²) in [6.07, 6.45) is 3.01. The first-order chi connectivity index (χ1) is 5.99. The summed E-state index contributed by atoms with van der Waals surface area (Å²) in [5.74, 6) is 4.90. The highest BCUT2D eigenvalue weighted by Crippen LogP contribution is 2.65. The normalized spacial score (nSPS) is 48.7. The Hall–Kier alpha value is 0. The molecule has 13 heavy (non-hydrogen) atoms. The first-order valence-electron chi connectivity index (χ1n) is 5.99. The molecule has 0 saturated heterocycles. The largest absolute Gasteiger partial charge is 0.0620 e. The Kier molecular flexibility index (Phi) is 2.02. The first-order valence-corrected chi connectivity index (χ1v) is 5.99. The molecule has 0 amide bonds. The van der Waals surface area contributed by atoms with Gasteiger partial charge < -0.3 is 0 Å². The van der Waals surface area contributed by atoms with Crippen molar-refractivity contribution >= 4 is 0 Å². The van der Waals surface area contributed by atoms with E-state index in [1.807, 2.05) is 0 Å². The maximum atomic E-state index is 2.51. The van der Waals surface area contributed by atoms with Gasteiger partial charge in [-0.05, 0) is 47.8 Å². The third-order valence-electron chi connectivity index (χ3n) is 5.74. The molecule has 4 atom stereocenters. The summed E-state index contributed by atoms with van der Waals surface area (Å²) in [7, 11) is 0. The zero-order chi connectivity index (χ0) is 9.80. The maximum Gasteiger partial charge on any atom is -0.0241 e. The summed E-state index contributed by atoms with van der Waals surface area (Å²) in [5.41, 5.74) is 0.669. The zero-order valence-electron chi connectivity index (χ0n) is 9.80. The Morgan fingerprint density at radius 2 is 1.54 bits per heavy atom. The van der Waals surface area contributed by atoms with Crippen LogP contribution in [0.25, 0.3) is 0 Å². The van der Waals surface area contributed by atoms with Crippen LogP contribution in [0.1, 0.15) is 47.5 Å². The van der Waals surface area contributed by atoms with Crippen LogP contribution < -0.4 is 0 Å². The number of rotatable bonds is 3. The van der Waals surface area contributed by atoms with Gasteiger partial charge in [-0.3, -0.25) is 0 Å². The van der Waals surface area contributed by atoms with Crippen LogP contribution in [0.5, 0.6) is 0 Å². The van der Waals surface area contributed by atoms with E-state index in [1.54, 1.807) is 0 Å². The minimum Gasteiger partial charge on any atom is -0.0620 e. The Morgan fingerprint density at radius 3 is 1.85 bits per heavy atom. The van der Waals surface area contributed by atoms with E-state index in [1.165, 1.54) is 12.8 Å². The third-order valence-corrected chi connectivity index (χ3v) is 5.74. The van der Waals surface area contributed by atoms with Crippen molar-refractivity contribution in [3.8, 4) is 0 Å². The monoisotopic (exact) mass is 180 g/mol. The molecule has 76 valence electrons. The lowest BCUT2D eigenvalue weighted by Gasteiger charge is -2.27. The molecule has 2 aliphatic carbocycles. The van der Waals surface area contributed by atoms with Gasteiger partial charge in [0, 0.05) is 0 Å². The van der Waals surface area contributed by atoms with Crippen molar-refractivity contribution in [2.45, 2.75) is 47.5 Å². The molecule has 0 aromatic rings. The van der Waals surface area contributed by atoms with Crippen LogP contribution in [0, 0.1) is 35.0 Å². The van der Waals surface area contributed by atoms with Crippen molar-refractivity contribution in [3.63, 3.8) is 0 Å². The van der Waals surface area contributed by atoms with Gasteiger partial charge in [-0.25, -0.2) is 0 Å². The molecule has 0 aromatic carbocycles. The number of hydrogen-bond acceptors (Lipinski definition) is 0. The van der Waals surface area contributed by atoms with Gasteiger partial charge in [-0.15, -0.1) is 0 Å². The van der Waals surface area contributed by atoms with Gasteiger partial charge in [0.1, 0.15) is 0 Å². The molecule has 2 rings (SSSR count). The highest BCUT2D eigenvalue weighted by atomic mass is 14.6. The molecular formula is C13H24. The molecule has 0 radical (unpaired) electrons. The summed E-state index contributed by atoms with van der Waals surface area (Å²) in [4.78, 5) is 0. The van der Waals surface area contributed by atoms with E-state index in [-0.39, 0.29) is 0 Å². The molecule has 2 aliphatic rings. The lowest BCUT2D eigenvalue weighted by atomic mass is 9.78. The van der Waals surface area contributed by atoms with Gasteiger partial charge in [-0.1, -0.05) is 34.6 Å². The molecule has 0 bridgehead atoms. The fraction of sp³-hybridized carbons (Fsp3) is 1.00. The van der Waals surface area contributed by atoms with Crippen LogP contribution in [0.4, 0.5) is 0 Å². The van der Waals surface area contributed by atoms with Crippen LogP contribution in [0.3, 0.4) is 0 Å². The first kappa shape index (κ1) is 9.55. The maximum absolute atomic E-state index is 2.51. The predicted octanol–water partition coefficient (Wildman–Crippen LogP) is 3.96. The molecule has 0 spiro atoms. The molecule has 2 saturated carbocycles. The van der Waals surface area contributed by atoms with Crippen molar-refractivity contribution in [1.82, 2.24) is 0 Å². The van der Waals surface area contributed by atoms with E-state index in [9.17, 15) is 0 Å². The average molecular weight is 180 g/mol. The van der Waals surface area contributed by atoms with E-state index in [4.69, 9.17) is 0 Å². The summed E-state index contributed by atoms with van der Waals surface area (Å²) in [6, 6.07) is 0. The molecular weight excluding hydrogens is 156 g/mol. The van der Waals surface area contributed by atoms with Crippen LogP contribution >= 0.6 is 0 Å². The van der Waals surface area contributed by atoms with Crippen LogP contribution in [0.15, 0.2) is 0 Å². The van der Waals surface area contributed by atoms with Gasteiger partial charge >= 0.3 is 0 Å². The summed E-state index contributed by atoms with van der Waals surface area (Å²) in [5, 5.41) is 0. The van der Waals surface area contributed by atoms with Gasteiger partial charge in [0.15, 0.2) is 0 Å². The molecule has 2 fully saturated rings. The minimum absolute atomic E-state index is 0.669. The predicted molar refractivity (Wildman–Crippen MR) is 57.5 cm³/mol. The van der Waals surface area contributed by atoms with E-state index < -0.39 is 0 Å². The van der Waals surface area contributed by atoms with Crippen molar-refractivity contribution in [2.24, 2.45) is 35.0 Å². The van der Waals surface area contributed by atoms with Crippen LogP contribution in [0.2, 0.25) is 0 Å². The van der Waals surface area contributed by atoms with Gasteiger partial charge in [0.2, 0.25) is 0 Å². The van der Waals surface area contributed by atoms with Gasteiger partial charge in [-0.2, -0.15) is 0 Å². The summed E-state index contributed by atoms with van der Waals surface area (Å²) >= 11 is 0. The van der Waals surface area contributed by atoms with E-state index in [0.717, 1.165) is 29.6 Å². The van der Waals surface area contributed by atoms with E-state index >= 15 is 0 Å². The fourth-order valence-electron chi connectivity index (χ4n) is 3.44. The summed E-state index contributed by atoms with van der Waals surface area (Å²) in [6.45, 7) is 12.3. The molecule has 0 N–H and O–H groups in total. The lowest BCUT2D eigenvalue weighted by Crippen LogP contribution is -2.21. The topological polar surface area (TPSA) is 0 Å². The second-order valence-corrected chi connectivity index (χ2v) is 5.93. The Bertz CT molecular complexity index is 194. The molecule has 0 nitrogen and oxygen atoms in total. The molecule has 0 aromatic heterocycles. The second kappa shape index (κ2) is 2.74. The molecule has 0 aliphatic heterocycles. The Morgan fingerprint density at radius 1 is 1.08 bits per heavy atom. The smallest absolute Gasteiger partial charge is 0.0241 e. The molecule has 0 heterocycles. The van der Waals surface area contributed by atoms with Crippen molar-refractivity contribution < 1.29 is 0 Å². The van der Waals surface area contributed by atoms with Crippen molar-refractivity contribution in [2.75, 3.05) is 0 Å². The highest BCUT2D eigenvalue weighted by molar-refractivity contribution is 5.07. The van der Waals surface area contributed by atoms with Crippen LogP contribution in [-0.4, -0.2) is 0 Å². The minimum atomic E-state index is 0.669. The van der Waals surface area contributed by atoms with E-state index in [2.05, 4.69) is 34.6 Å². The molecule has 0 heteroatoms. The van der Waals surface area contributed by atoms with Crippen LogP contribution in [-0.2, 0) is 0 Å². The number of hydrogen-bond donors (Lipinski definition) is 0. The fourth-order valence-corrected chi connectivity index (χ4v) is 3.44. The Balaban J connectivity index is 2.00. The standard InChI is InChI=1S/C13H24/c1-8(12-6-7-12)9(2)13(5)10(3)11(13)4/h8-12H,6-7H2,1-5H3. The second-order valence-electron chi connectivity index (χ2n) is 5.93. The molecule has 4 unspecified atom stereocenters. The third kappa shape index (κ3) is 1.25. The quantitative estimate of drug-likeness (QED) is 0.616.